The highest BCUT2D eigenvalue weighted by atomic mass is 16.3. The molecule has 1 aromatic carbocycles. The van der Waals surface area contributed by atoms with Gasteiger partial charge in [-0.1, -0.05) is 18.2 Å². The highest BCUT2D eigenvalue weighted by molar-refractivity contribution is 5.39. The molecule has 5 nitrogen and oxygen atoms in total. The smallest absolute Gasteiger partial charge is 0.255 e. The van der Waals surface area contributed by atoms with E-state index in [0.29, 0.717) is 24.8 Å². The minimum atomic E-state index is 0.00932. The summed E-state index contributed by atoms with van der Waals surface area (Å²) in [4.78, 5) is 22.2. The molecule has 0 amide bonds. The Kier molecular flexibility index (Phi) is 3.45. The highest BCUT2D eigenvalue weighted by Crippen LogP contribution is 2.37. The molecule has 4 rings (SSSR count). The van der Waals surface area contributed by atoms with Gasteiger partial charge in [0.2, 0.25) is 0 Å². The van der Waals surface area contributed by atoms with E-state index in [0.717, 1.165) is 54.0 Å². The number of aromatic amines is 1. The number of phenolic OH excluding ortho intramolecular Hbond substituents is 1. The van der Waals surface area contributed by atoms with Crippen molar-refractivity contribution in [2.45, 2.75) is 45.2 Å². The molecule has 0 saturated heterocycles. The number of phenols is 1. The van der Waals surface area contributed by atoms with E-state index < -0.39 is 0 Å². The van der Waals surface area contributed by atoms with Crippen molar-refractivity contribution >= 4 is 0 Å². The molecular formula is C18H21N3O2. The molecule has 120 valence electrons. The van der Waals surface area contributed by atoms with Gasteiger partial charge in [-0.2, -0.15) is 0 Å². The third-order valence-electron chi connectivity index (χ3n) is 4.85. The molecule has 0 unspecified atom stereocenters. The van der Waals surface area contributed by atoms with E-state index in [-0.39, 0.29) is 5.56 Å². The molecule has 1 aliphatic carbocycles. The number of nitrogens with zero attached hydrogens (tertiary/aromatic N) is 2. The molecule has 0 radical (unpaired) electrons. The van der Waals surface area contributed by atoms with Gasteiger partial charge in [0.1, 0.15) is 11.6 Å². The molecule has 23 heavy (non-hydrogen) atoms. The normalized spacial score (nSPS) is 18.0. The van der Waals surface area contributed by atoms with Gasteiger partial charge in [0, 0.05) is 37.5 Å². The quantitative estimate of drug-likeness (QED) is 0.912. The number of para-hydroxylation sites is 1. The lowest BCUT2D eigenvalue weighted by molar-refractivity contribution is 0.238. The van der Waals surface area contributed by atoms with Gasteiger partial charge in [0.05, 0.1) is 11.3 Å². The van der Waals surface area contributed by atoms with Gasteiger partial charge in [-0.3, -0.25) is 9.69 Å². The topological polar surface area (TPSA) is 69.2 Å². The summed E-state index contributed by atoms with van der Waals surface area (Å²) in [6, 6.07) is 5.80. The number of hydrogen-bond acceptors (Lipinski definition) is 4. The van der Waals surface area contributed by atoms with Crippen LogP contribution in [0.15, 0.2) is 23.0 Å². The van der Waals surface area contributed by atoms with Crippen LogP contribution in [0.4, 0.5) is 0 Å². The van der Waals surface area contributed by atoms with Crippen LogP contribution in [0.1, 0.15) is 47.0 Å². The van der Waals surface area contributed by atoms with Crippen molar-refractivity contribution < 1.29 is 5.11 Å². The molecule has 1 aliphatic heterocycles. The lowest BCUT2D eigenvalue weighted by Crippen LogP contribution is -2.35. The summed E-state index contributed by atoms with van der Waals surface area (Å²) >= 11 is 0. The fourth-order valence-electron chi connectivity index (χ4n) is 3.27. The van der Waals surface area contributed by atoms with Crippen molar-refractivity contribution in [2.24, 2.45) is 0 Å². The van der Waals surface area contributed by atoms with Crippen molar-refractivity contribution in [3.8, 4) is 5.75 Å². The van der Waals surface area contributed by atoms with Crippen LogP contribution in [-0.4, -0.2) is 26.5 Å². The van der Waals surface area contributed by atoms with Crippen molar-refractivity contribution in [3.63, 3.8) is 0 Å². The van der Waals surface area contributed by atoms with Crippen molar-refractivity contribution in [1.82, 2.24) is 14.9 Å². The SMILES string of the molecule is Cc1cccc(CN2CCc3nc(C4CC4)[nH]c(=O)c3C2)c1O. The molecule has 1 fully saturated rings. The van der Waals surface area contributed by atoms with Crippen LogP contribution in [-0.2, 0) is 19.5 Å². The summed E-state index contributed by atoms with van der Waals surface area (Å²) in [5.74, 6) is 1.70. The molecule has 1 aromatic heterocycles. The van der Waals surface area contributed by atoms with Crippen LogP contribution in [0.3, 0.4) is 0 Å². The van der Waals surface area contributed by atoms with Crippen LogP contribution in [0.5, 0.6) is 5.75 Å². The Labute approximate surface area is 135 Å². The predicted octanol–water partition coefficient (Wildman–Crippen LogP) is 2.22. The summed E-state index contributed by atoms with van der Waals surface area (Å²) in [5.41, 5.74) is 3.55. The number of benzene rings is 1. The molecule has 2 aromatic rings. The van der Waals surface area contributed by atoms with Gasteiger partial charge >= 0.3 is 0 Å². The Bertz CT molecular complexity index is 808. The average Bonchev–Trinajstić information content (AvgIpc) is 3.37. The number of nitrogens with one attached hydrogen (secondary N) is 1. The highest BCUT2D eigenvalue weighted by Gasteiger charge is 2.29. The maximum atomic E-state index is 12.4. The summed E-state index contributed by atoms with van der Waals surface area (Å²) in [6.45, 7) is 4.01. The van der Waals surface area contributed by atoms with Gasteiger partial charge in [0.15, 0.2) is 0 Å². The number of H-pyrrole nitrogens is 1. The summed E-state index contributed by atoms with van der Waals surface area (Å²) in [6.07, 6.45) is 3.08. The number of fused-ring (bicyclic) bond motifs is 1. The Morgan fingerprint density at radius 2 is 2.22 bits per heavy atom. The second-order valence-corrected chi connectivity index (χ2v) is 6.69. The van der Waals surface area contributed by atoms with E-state index in [4.69, 9.17) is 0 Å². The number of hydrogen-bond donors (Lipinski definition) is 2. The Morgan fingerprint density at radius 1 is 1.39 bits per heavy atom. The minimum absolute atomic E-state index is 0.00932. The maximum Gasteiger partial charge on any atom is 0.255 e. The van der Waals surface area contributed by atoms with Crippen molar-refractivity contribution in [1.29, 1.82) is 0 Å². The molecule has 2 N–H and O–H groups in total. The van der Waals surface area contributed by atoms with E-state index in [1.807, 2.05) is 25.1 Å². The minimum Gasteiger partial charge on any atom is -0.507 e. The largest absolute Gasteiger partial charge is 0.507 e. The molecule has 2 aliphatic rings. The molecular weight excluding hydrogens is 290 g/mol. The van der Waals surface area contributed by atoms with Gasteiger partial charge in [0.25, 0.3) is 5.56 Å². The molecule has 0 spiro atoms. The van der Waals surface area contributed by atoms with E-state index in [1.54, 1.807) is 0 Å². The molecule has 0 atom stereocenters. The fraction of sp³-hybridized carbons (Fsp3) is 0.444. The van der Waals surface area contributed by atoms with Gasteiger partial charge in [-0.25, -0.2) is 4.98 Å². The average molecular weight is 311 g/mol. The van der Waals surface area contributed by atoms with Gasteiger partial charge < -0.3 is 10.1 Å². The van der Waals surface area contributed by atoms with Gasteiger partial charge in [-0.05, 0) is 25.3 Å². The van der Waals surface area contributed by atoms with Crippen LogP contribution in [0, 0.1) is 6.92 Å². The summed E-state index contributed by atoms with van der Waals surface area (Å²) in [5, 5.41) is 10.2. The van der Waals surface area contributed by atoms with Crippen molar-refractivity contribution in [3.05, 3.63) is 56.8 Å². The van der Waals surface area contributed by atoms with E-state index in [2.05, 4.69) is 14.9 Å². The first-order valence-corrected chi connectivity index (χ1v) is 8.23. The molecule has 1 saturated carbocycles. The maximum absolute atomic E-state index is 12.4. The van der Waals surface area contributed by atoms with E-state index in [1.165, 1.54) is 0 Å². The Morgan fingerprint density at radius 3 is 3.00 bits per heavy atom. The van der Waals surface area contributed by atoms with E-state index >= 15 is 0 Å². The number of rotatable bonds is 3. The molecule has 5 heteroatoms. The fourth-order valence-corrected chi connectivity index (χ4v) is 3.27. The molecule has 0 bridgehead atoms. The lowest BCUT2D eigenvalue weighted by Gasteiger charge is -2.28. The zero-order valence-electron chi connectivity index (χ0n) is 13.3. The standard InChI is InChI=1S/C18H21N3O2/c1-11-3-2-4-13(16(11)22)9-21-8-7-15-14(10-21)18(23)20-17(19-15)12-5-6-12/h2-4,12,22H,5-10H2,1H3,(H,19,20,23). The zero-order valence-corrected chi connectivity index (χ0v) is 13.3. The Balaban J connectivity index is 1.57. The molecule has 2 heterocycles. The first-order valence-electron chi connectivity index (χ1n) is 8.23. The summed E-state index contributed by atoms with van der Waals surface area (Å²) < 4.78 is 0. The van der Waals surface area contributed by atoms with Gasteiger partial charge in [-0.15, -0.1) is 0 Å². The third-order valence-corrected chi connectivity index (χ3v) is 4.85. The van der Waals surface area contributed by atoms with E-state index in [9.17, 15) is 9.90 Å². The number of aromatic hydroxyl groups is 1. The second kappa shape index (κ2) is 5.49. The number of aryl methyl sites for hydroxylation is 1. The zero-order chi connectivity index (χ0) is 16.0. The Hall–Kier alpha value is -2.14. The second-order valence-electron chi connectivity index (χ2n) is 6.69. The lowest BCUT2D eigenvalue weighted by atomic mass is 10.0. The van der Waals surface area contributed by atoms with Crippen LogP contribution >= 0.6 is 0 Å². The van der Waals surface area contributed by atoms with Crippen LogP contribution in [0.25, 0.3) is 0 Å². The first-order chi connectivity index (χ1) is 11.1. The third kappa shape index (κ3) is 2.77. The predicted molar refractivity (Wildman–Crippen MR) is 87.5 cm³/mol. The first kappa shape index (κ1) is 14.5. The van der Waals surface area contributed by atoms with Crippen LogP contribution < -0.4 is 5.56 Å². The number of aromatic nitrogens is 2. The monoisotopic (exact) mass is 311 g/mol. The van der Waals surface area contributed by atoms with Crippen molar-refractivity contribution in [2.75, 3.05) is 6.54 Å². The summed E-state index contributed by atoms with van der Waals surface area (Å²) in [7, 11) is 0. The van der Waals surface area contributed by atoms with Crippen LogP contribution in [0.2, 0.25) is 0 Å².